The zero-order valence-electron chi connectivity index (χ0n) is 3.41. The summed E-state index contributed by atoms with van der Waals surface area (Å²) >= 11 is 0. The van der Waals surface area contributed by atoms with E-state index in [0.717, 1.165) is 0 Å². The van der Waals surface area contributed by atoms with Gasteiger partial charge in [-0.05, 0) is 0 Å². The standard InChI is InChI=1S/3AsH3.Ga.Zn.3H2/h3*1H3;;;3*1H. The third-order valence-corrected chi connectivity index (χ3v) is 0. The molecule has 0 aromatic carbocycles. The summed E-state index contributed by atoms with van der Waals surface area (Å²) in [5.74, 6) is 0. The molecule has 3 unspecified atom stereocenters. The van der Waals surface area contributed by atoms with E-state index in [9.17, 15) is 0 Å². The van der Waals surface area contributed by atoms with Crippen molar-refractivity contribution in [3.05, 3.63) is 0 Å². The molecule has 0 aliphatic heterocycles. The molecular formula is H15As3GaZn. The van der Waals surface area contributed by atoms with Gasteiger partial charge in [0, 0.05) is 43.5 Å². The van der Waals surface area contributed by atoms with Crippen LogP contribution in [0, 0.1) is 0 Å². The van der Waals surface area contributed by atoms with Crippen molar-refractivity contribution in [3.8, 4) is 0 Å². The fourth-order valence-corrected chi connectivity index (χ4v) is 0. The van der Waals surface area contributed by atoms with Gasteiger partial charge in [0.05, 0.1) is 0 Å². The number of hydrogen-bond acceptors (Lipinski definition) is 0. The maximum Gasteiger partial charge on any atom is 0 e. The molecule has 5 heavy (non-hydrogen) atoms. The van der Waals surface area contributed by atoms with E-state index in [4.69, 9.17) is 0 Å². The van der Waals surface area contributed by atoms with E-state index < -0.39 is 0 Å². The molecule has 3 radical (unpaired) electrons. The second-order valence-electron chi connectivity index (χ2n) is 0. The van der Waals surface area contributed by atoms with Crippen LogP contribution in [0.25, 0.3) is 0 Å². The van der Waals surface area contributed by atoms with Gasteiger partial charge in [-0.3, -0.25) is 0 Å². The summed E-state index contributed by atoms with van der Waals surface area (Å²) in [6.07, 6.45) is 0. The van der Waals surface area contributed by atoms with Crippen LogP contribution < -0.4 is 0 Å². The summed E-state index contributed by atoms with van der Waals surface area (Å²) in [6.45, 7) is 0. The Morgan fingerprint density at radius 3 is 0.800 bits per heavy atom. The molecule has 0 amide bonds. The summed E-state index contributed by atoms with van der Waals surface area (Å²) in [4.78, 5) is 0. The van der Waals surface area contributed by atoms with Crippen LogP contribution in [0.1, 0.15) is 4.28 Å². The van der Waals surface area contributed by atoms with Crippen molar-refractivity contribution in [2.75, 3.05) is 0 Å². The molecule has 0 fully saturated rings. The quantitative estimate of drug-likeness (QED) is 0.392. The molecule has 0 aliphatic carbocycles. The van der Waals surface area contributed by atoms with Crippen molar-refractivity contribution in [2.24, 2.45) is 0 Å². The topological polar surface area (TPSA) is 0 Å². The van der Waals surface area contributed by atoms with Crippen LogP contribution in [0.5, 0.6) is 0 Å². The maximum atomic E-state index is 0. The minimum Gasteiger partial charge on any atom is 0 e. The molecule has 0 aromatic heterocycles. The van der Waals surface area contributed by atoms with Gasteiger partial charge in [0.1, 0.15) is 0 Å². The van der Waals surface area contributed by atoms with Crippen molar-refractivity contribution >= 4 is 73.7 Å². The van der Waals surface area contributed by atoms with Crippen LogP contribution in [-0.4, -0.2) is 73.7 Å². The van der Waals surface area contributed by atoms with Gasteiger partial charge >= 0.3 is 53.9 Å². The summed E-state index contributed by atoms with van der Waals surface area (Å²) in [6, 6.07) is 0. The van der Waals surface area contributed by atoms with Crippen LogP contribution in [0.4, 0.5) is 0 Å². The Kier molecular flexibility index (Phi) is 251. The smallest absolute Gasteiger partial charge is 0 e. The molecule has 3 atom stereocenters. The Balaban J connectivity index is 0. The van der Waals surface area contributed by atoms with E-state index in [2.05, 4.69) is 0 Å². The summed E-state index contributed by atoms with van der Waals surface area (Å²) in [5, 5.41) is 0. The zero-order chi connectivity index (χ0) is 0. The Labute approximate surface area is 96.2 Å². The summed E-state index contributed by atoms with van der Waals surface area (Å²) in [5.41, 5.74) is 0. The molecule has 5 heteroatoms. The molecule has 0 aromatic rings. The Bertz CT molecular complexity index is 14.5. The Hall–Kier alpha value is 2.94. The average Bonchev–Trinajstić information content (AvgIpc) is 0. The SMILES string of the molecule is [AsH3].[AsH3].[AsH3].[Ga].[HH].[HH].[HH].[Zn]. The molecule has 0 spiro atoms. The molecule has 0 heterocycles. The molecule has 0 aliphatic rings. The fourth-order valence-electron chi connectivity index (χ4n) is 0. The van der Waals surface area contributed by atoms with E-state index in [1.54, 1.807) is 0 Å². The van der Waals surface area contributed by atoms with Crippen LogP contribution >= 0.6 is 0 Å². The van der Waals surface area contributed by atoms with E-state index in [1.165, 1.54) is 0 Å². The number of rotatable bonds is 0. The molecular weight excluding hydrogens is 360 g/mol. The third-order valence-electron chi connectivity index (χ3n) is 0. The monoisotopic (exact) mass is 373 g/mol. The molecule has 0 bridgehead atoms. The van der Waals surface area contributed by atoms with Gasteiger partial charge in [-0.2, -0.15) is 0 Å². The first-order valence-corrected chi connectivity index (χ1v) is 0. The third kappa shape index (κ3) is 19.6. The Morgan fingerprint density at radius 2 is 0.800 bits per heavy atom. The van der Waals surface area contributed by atoms with Gasteiger partial charge in [0.25, 0.3) is 0 Å². The van der Waals surface area contributed by atoms with Crippen LogP contribution in [0.2, 0.25) is 0 Å². The minimum absolute atomic E-state index is 0. The van der Waals surface area contributed by atoms with Gasteiger partial charge in [-0.1, -0.05) is 0 Å². The zero-order valence-corrected chi connectivity index (χ0v) is 17.7. The average molecular weight is 375 g/mol. The van der Waals surface area contributed by atoms with Gasteiger partial charge in [0.15, 0.2) is 0 Å². The van der Waals surface area contributed by atoms with Crippen LogP contribution in [0.15, 0.2) is 0 Å². The first kappa shape index (κ1) is 44.3. The molecule has 35 valence electrons. The molecule has 0 nitrogen and oxygen atoms in total. The van der Waals surface area contributed by atoms with E-state index in [1.807, 2.05) is 0 Å². The van der Waals surface area contributed by atoms with Crippen molar-refractivity contribution in [3.63, 3.8) is 0 Å². The maximum absolute atomic E-state index is 0. The minimum atomic E-state index is 0. The predicted octanol–water partition coefficient (Wildman–Crippen LogP) is -3.20. The first-order valence-electron chi connectivity index (χ1n) is 0. The molecule has 0 saturated heterocycles. The Morgan fingerprint density at radius 1 is 0.800 bits per heavy atom. The largest absolute Gasteiger partial charge is 0 e. The van der Waals surface area contributed by atoms with Crippen molar-refractivity contribution in [2.45, 2.75) is 0 Å². The van der Waals surface area contributed by atoms with Crippen LogP contribution in [-0.2, 0) is 19.5 Å². The summed E-state index contributed by atoms with van der Waals surface area (Å²) < 4.78 is 0. The van der Waals surface area contributed by atoms with Gasteiger partial charge in [-0.25, -0.2) is 0 Å². The van der Waals surface area contributed by atoms with Crippen LogP contribution in [0.3, 0.4) is 0 Å². The number of hydrogen-bond donors (Lipinski definition) is 0. The van der Waals surface area contributed by atoms with E-state index in [0.29, 0.717) is 0 Å². The second kappa shape index (κ2) is 28.4. The molecule has 0 N–H and O–H groups in total. The normalized spacial score (nSPS) is 0. The summed E-state index contributed by atoms with van der Waals surface area (Å²) in [7, 11) is 0. The second-order valence-corrected chi connectivity index (χ2v) is 0. The van der Waals surface area contributed by atoms with E-state index >= 15 is 0 Å². The molecule has 0 rings (SSSR count). The first-order chi connectivity index (χ1) is 0. The van der Waals surface area contributed by atoms with Gasteiger partial charge in [-0.15, -0.1) is 0 Å². The van der Waals surface area contributed by atoms with Crippen molar-refractivity contribution < 1.29 is 23.8 Å². The van der Waals surface area contributed by atoms with E-state index in [-0.39, 0.29) is 97.4 Å². The van der Waals surface area contributed by atoms with Crippen molar-refractivity contribution in [1.29, 1.82) is 0 Å². The van der Waals surface area contributed by atoms with Gasteiger partial charge < -0.3 is 0 Å². The fraction of sp³-hybridized carbons (Fsp3) is 0. The predicted molar refractivity (Wildman–Crippen MR) is 41.9 cm³/mol. The van der Waals surface area contributed by atoms with Crippen molar-refractivity contribution in [1.82, 2.24) is 0 Å². The molecule has 0 saturated carbocycles. The van der Waals surface area contributed by atoms with Gasteiger partial charge in [0.2, 0.25) is 0 Å².